The van der Waals surface area contributed by atoms with Gasteiger partial charge in [0.15, 0.2) is 5.78 Å². The number of Topliss-reactive ketones (excluding diaryl/α,β-unsaturated/α-hetero) is 1. The molecular weight excluding hydrogens is 396 g/mol. The van der Waals surface area contributed by atoms with E-state index in [0.29, 0.717) is 22.3 Å². The van der Waals surface area contributed by atoms with Crippen molar-refractivity contribution in [2.24, 2.45) is 0 Å². The zero-order valence-electron chi connectivity index (χ0n) is 10.6. The molecule has 0 saturated heterocycles. The Balaban J connectivity index is 2.76. The van der Waals surface area contributed by atoms with Gasteiger partial charge in [-0.05, 0) is 19.1 Å². The van der Waals surface area contributed by atoms with E-state index < -0.39 is 9.71 Å². The van der Waals surface area contributed by atoms with E-state index in [4.69, 9.17) is 9.15 Å². The number of hydrogen-bond acceptors (Lipinski definition) is 4. The van der Waals surface area contributed by atoms with E-state index in [1.165, 1.54) is 19.2 Å². The lowest BCUT2D eigenvalue weighted by Gasteiger charge is -2.08. The average molecular weight is 406 g/mol. The summed E-state index contributed by atoms with van der Waals surface area (Å²) >= 11 is 6.27. The fraction of sp³-hybridized carbons (Fsp3) is 0.231. The van der Waals surface area contributed by atoms with Gasteiger partial charge < -0.3 is 14.3 Å². The minimum absolute atomic E-state index is 0.0755. The highest BCUT2D eigenvalue weighted by Gasteiger charge is 2.24. The second-order valence-corrected chi connectivity index (χ2v) is 7.11. The molecule has 0 aliphatic carbocycles. The first kappa shape index (κ1) is 15.1. The Labute approximate surface area is 131 Å². The summed E-state index contributed by atoms with van der Waals surface area (Å²) in [5.74, 6) is -0.737. The molecule has 1 aromatic heterocycles. The van der Waals surface area contributed by atoms with Gasteiger partial charge in [0.1, 0.15) is 26.4 Å². The van der Waals surface area contributed by atoms with Crippen molar-refractivity contribution in [2.45, 2.75) is 10.7 Å². The minimum Gasteiger partial charge on any atom is -0.496 e. The zero-order valence-corrected chi connectivity index (χ0v) is 13.7. The molecule has 0 radical (unpaired) electrons. The number of ketones is 1. The number of aryl methyl sites for hydroxylation is 1. The number of methoxy groups -OCH3 is 1. The van der Waals surface area contributed by atoms with Crippen molar-refractivity contribution >= 4 is 54.6 Å². The van der Waals surface area contributed by atoms with Gasteiger partial charge in [0.05, 0.1) is 12.7 Å². The Hall–Kier alpha value is -1.34. The third kappa shape index (κ3) is 2.47. The Morgan fingerprint density at radius 2 is 2.00 bits per heavy atom. The first-order valence-electron chi connectivity index (χ1n) is 5.53. The highest BCUT2D eigenvalue weighted by atomic mass is 79.9. The van der Waals surface area contributed by atoms with Crippen LogP contribution >= 0.6 is 31.9 Å². The maximum Gasteiger partial charge on any atom is 0.339 e. The largest absolute Gasteiger partial charge is 0.496 e. The van der Waals surface area contributed by atoms with Crippen LogP contribution in [0.15, 0.2) is 16.5 Å². The lowest BCUT2D eigenvalue weighted by atomic mass is 10.1. The Bertz CT molecular complexity index is 702. The van der Waals surface area contributed by atoms with Gasteiger partial charge >= 0.3 is 5.97 Å². The molecule has 0 amide bonds. The number of furan rings is 1. The SMILES string of the molecule is COc1cc2c(C(=O)O)c(C)oc2cc1C(=O)C(Br)Br. The number of hydrogen-bond donors (Lipinski definition) is 1. The molecule has 1 heterocycles. The van der Waals surface area contributed by atoms with Gasteiger partial charge in [0, 0.05) is 5.39 Å². The summed E-state index contributed by atoms with van der Waals surface area (Å²) in [6.07, 6.45) is 0. The van der Waals surface area contributed by atoms with Crippen LogP contribution in [-0.2, 0) is 0 Å². The first-order chi connectivity index (χ1) is 9.36. The summed E-state index contributed by atoms with van der Waals surface area (Å²) in [4.78, 5) is 23.3. The van der Waals surface area contributed by atoms with Crippen molar-refractivity contribution in [1.82, 2.24) is 0 Å². The third-order valence-corrected chi connectivity index (χ3v) is 3.70. The van der Waals surface area contributed by atoms with Crippen molar-refractivity contribution in [3.05, 3.63) is 29.0 Å². The van der Waals surface area contributed by atoms with Crippen LogP contribution in [0.5, 0.6) is 5.75 Å². The number of halogens is 2. The summed E-state index contributed by atoms with van der Waals surface area (Å²) in [5, 5.41) is 9.61. The maximum absolute atomic E-state index is 12.1. The lowest BCUT2D eigenvalue weighted by Crippen LogP contribution is -2.09. The van der Waals surface area contributed by atoms with Crippen LogP contribution in [0.25, 0.3) is 11.0 Å². The summed E-state index contributed by atoms with van der Waals surface area (Å²) in [7, 11) is 1.42. The van der Waals surface area contributed by atoms with Crippen LogP contribution in [0.1, 0.15) is 26.5 Å². The van der Waals surface area contributed by atoms with Gasteiger partial charge in [0.2, 0.25) is 0 Å². The van der Waals surface area contributed by atoms with Crippen molar-refractivity contribution in [3.63, 3.8) is 0 Å². The molecule has 0 aliphatic rings. The molecule has 7 heteroatoms. The molecule has 0 spiro atoms. The number of fused-ring (bicyclic) bond motifs is 1. The molecule has 1 aromatic carbocycles. The van der Waals surface area contributed by atoms with Crippen LogP contribution in [0.3, 0.4) is 0 Å². The van der Waals surface area contributed by atoms with E-state index in [0.717, 1.165) is 0 Å². The van der Waals surface area contributed by atoms with Crippen LogP contribution < -0.4 is 4.74 Å². The summed E-state index contributed by atoms with van der Waals surface area (Å²) < 4.78 is 10.0. The van der Waals surface area contributed by atoms with Crippen molar-refractivity contribution < 1.29 is 23.8 Å². The van der Waals surface area contributed by atoms with Gasteiger partial charge in [-0.3, -0.25) is 4.79 Å². The molecule has 0 aliphatic heterocycles. The number of carboxylic acids is 1. The quantitative estimate of drug-likeness (QED) is 0.619. The van der Waals surface area contributed by atoms with Crippen molar-refractivity contribution in [2.75, 3.05) is 7.11 Å². The molecule has 2 rings (SSSR count). The average Bonchev–Trinajstić information content (AvgIpc) is 2.70. The molecule has 0 atom stereocenters. The molecule has 5 nitrogen and oxygen atoms in total. The van der Waals surface area contributed by atoms with E-state index >= 15 is 0 Å². The van der Waals surface area contributed by atoms with Crippen LogP contribution in [-0.4, -0.2) is 27.7 Å². The summed E-state index contributed by atoms with van der Waals surface area (Å²) in [6.45, 7) is 1.56. The minimum atomic E-state index is -1.08. The predicted octanol–water partition coefficient (Wildman–Crippen LogP) is 3.75. The lowest BCUT2D eigenvalue weighted by molar-refractivity contribution is 0.0696. The molecule has 0 unspecified atom stereocenters. The maximum atomic E-state index is 12.1. The van der Waals surface area contributed by atoms with Gasteiger partial charge in [-0.2, -0.15) is 0 Å². The van der Waals surface area contributed by atoms with Gasteiger partial charge in [-0.25, -0.2) is 4.79 Å². The number of aromatic carboxylic acids is 1. The predicted molar refractivity (Wildman–Crippen MR) is 80.4 cm³/mol. The standard InChI is InChI=1S/C13H10Br2O5/c1-5-10(13(17)18)6-3-8(19-2)7(4-9(6)20-5)11(16)12(14)15/h3-4,12H,1-2H3,(H,17,18). The summed E-state index contributed by atoms with van der Waals surface area (Å²) in [5.41, 5.74) is 0.723. The Kier molecular flexibility index (Phi) is 4.19. The van der Waals surface area contributed by atoms with Crippen LogP contribution in [0.4, 0.5) is 0 Å². The zero-order chi connectivity index (χ0) is 15.0. The number of alkyl halides is 2. The molecular formula is C13H10Br2O5. The van der Waals surface area contributed by atoms with Crippen molar-refractivity contribution in [1.29, 1.82) is 0 Å². The molecule has 2 aromatic rings. The molecule has 20 heavy (non-hydrogen) atoms. The Morgan fingerprint density at radius 3 is 2.50 bits per heavy atom. The smallest absolute Gasteiger partial charge is 0.339 e. The normalized spacial score (nSPS) is 11.1. The topological polar surface area (TPSA) is 76.7 Å². The van der Waals surface area contributed by atoms with E-state index in [1.807, 2.05) is 0 Å². The number of rotatable bonds is 4. The summed E-state index contributed by atoms with van der Waals surface area (Å²) in [6, 6.07) is 3.00. The van der Waals surface area contributed by atoms with Crippen LogP contribution in [0, 0.1) is 6.92 Å². The number of ether oxygens (including phenoxy) is 1. The molecule has 1 N–H and O–H groups in total. The Morgan fingerprint density at radius 1 is 1.35 bits per heavy atom. The number of carbonyl (C=O) groups excluding carboxylic acids is 1. The van der Waals surface area contributed by atoms with Crippen LogP contribution in [0.2, 0.25) is 0 Å². The molecule has 0 bridgehead atoms. The molecule has 0 saturated carbocycles. The van der Waals surface area contributed by atoms with Crippen molar-refractivity contribution in [3.8, 4) is 5.75 Å². The second-order valence-electron chi connectivity index (χ2n) is 4.05. The van der Waals surface area contributed by atoms with E-state index in [-0.39, 0.29) is 17.1 Å². The van der Waals surface area contributed by atoms with Gasteiger partial charge in [-0.1, -0.05) is 31.9 Å². The van der Waals surface area contributed by atoms with E-state index in [1.54, 1.807) is 6.92 Å². The number of carbonyl (C=O) groups is 2. The van der Waals surface area contributed by atoms with Gasteiger partial charge in [0.25, 0.3) is 0 Å². The molecule has 0 fully saturated rings. The third-order valence-electron chi connectivity index (χ3n) is 2.86. The fourth-order valence-electron chi connectivity index (χ4n) is 1.99. The monoisotopic (exact) mass is 404 g/mol. The number of benzene rings is 1. The van der Waals surface area contributed by atoms with E-state index in [2.05, 4.69) is 31.9 Å². The number of carboxylic acid groups (broad SMARTS) is 1. The van der Waals surface area contributed by atoms with Gasteiger partial charge in [-0.15, -0.1) is 0 Å². The second kappa shape index (κ2) is 5.57. The fourth-order valence-corrected chi connectivity index (χ4v) is 2.48. The van der Waals surface area contributed by atoms with E-state index in [9.17, 15) is 14.7 Å². The highest BCUT2D eigenvalue weighted by molar-refractivity contribution is 9.25. The molecule has 106 valence electrons. The first-order valence-corrected chi connectivity index (χ1v) is 7.36. The highest BCUT2D eigenvalue weighted by Crippen LogP contribution is 2.33.